The minimum atomic E-state index is -0.674. The lowest BCUT2D eigenvalue weighted by molar-refractivity contribution is -0.143. The maximum atomic E-state index is 12.5. The molecular weight excluding hydrogens is 314 g/mol. The van der Waals surface area contributed by atoms with Crippen molar-refractivity contribution in [1.29, 1.82) is 0 Å². The molecule has 0 aromatic carbocycles. The topological polar surface area (TPSA) is 92.3 Å². The fraction of sp³-hybridized carbons (Fsp3) is 0.625. The largest absolute Gasteiger partial charge is 0.457 e. The van der Waals surface area contributed by atoms with Crippen LogP contribution < -0.4 is 17.1 Å². The van der Waals surface area contributed by atoms with E-state index in [4.69, 9.17) is 4.74 Å². The van der Waals surface area contributed by atoms with Crippen molar-refractivity contribution in [3.05, 3.63) is 44.1 Å². The molecule has 1 heterocycles. The van der Waals surface area contributed by atoms with Crippen LogP contribution in [0.3, 0.4) is 0 Å². The Labute approximate surface area is 140 Å². The minimum Gasteiger partial charge on any atom is -0.457 e. The van der Waals surface area contributed by atoms with E-state index in [-0.39, 0.29) is 19.6 Å². The van der Waals surface area contributed by atoms with E-state index in [1.165, 1.54) is 0 Å². The Bertz CT molecular complexity index is 712. The van der Waals surface area contributed by atoms with Gasteiger partial charge in [-0.3, -0.25) is 0 Å². The molecule has 24 heavy (non-hydrogen) atoms. The minimum absolute atomic E-state index is 0.0958. The van der Waals surface area contributed by atoms with Gasteiger partial charge in [-0.2, -0.15) is 0 Å². The van der Waals surface area contributed by atoms with E-state index in [1.54, 1.807) is 6.92 Å². The SMILES string of the molecule is C=CC(=O)OC(CC)Cn1c(=O)n(CCC)c(=O)n(CCC)c1=O. The molecule has 8 nitrogen and oxygen atoms in total. The summed E-state index contributed by atoms with van der Waals surface area (Å²) in [5, 5.41) is 0. The van der Waals surface area contributed by atoms with E-state index >= 15 is 0 Å². The van der Waals surface area contributed by atoms with E-state index in [9.17, 15) is 19.2 Å². The molecule has 0 bridgehead atoms. The van der Waals surface area contributed by atoms with Crippen LogP contribution >= 0.6 is 0 Å². The van der Waals surface area contributed by atoms with Crippen molar-refractivity contribution >= 4 is 5.97 Å². The fourth-order valence-electron chi connectivity index (χ4n) is 2.33. The molecule has 1 aromatic rings. The first kappa shape index (κ1) is 19.7. The summed E-state index contributed by atoms with van der Waals surface area (Å²) in [6.45, 7) is 9.14. The first-order valence-corrected chi connectivity index (χ1v) is 8.18. The Morgan fingerprint density at radius 3 is 1.83 bits per heavy atom. The van der Waals surface area contributed by atoms with E-state index in [1.807, 2.05) is 13.8 Å². The molecule has 0 N–H and O–H groups in total. The quantitative estimate of drug-likeness (QED) is 0.482. The normalized spacial score (nSPS) is 12.0. The third-order valence-corrected chi connectivity index (χ3v) is 3.57. The summed E-state index contributed by atoms with van der Waals surface area (Å²) in [5.74, 6) is -0.620. The Kier molecular flexibility index (Phi) is 7.41. The van der Waals surface area contributed by atoms with E-state index < -0.39 is 29.1 Å². The fourth-order valence-corrected chi connectivity index (χ4v) is 2.33. The molecular formula is C16H25N3O5. The Morgan fingerprint density at radius 1 is 1.00 bits per heavy atom. The molecule has 0 aliphatic rings. The van der Waals surface area contributed by atoms with Gasteiger partial charge in [0.05, 0.1) is 6.54 Å². The van der Waals surface area contributed by atoms with Crippen molar-refractivity contribution in [1.82, 2.24) is 13.7 Å². The van der Waals surface area contributed by atoms with Crippen LogP contribution in [0.5, 0.6) is 0 Å². The van der Waals surface area contributed by atoms with Gasteiger partial charge in [-0.05, 0) is 19.3 Å². The first-order chi connectivity index (χ1) is 11.4. The highest BCUT2D eigenvalue weighted by molar-refractivity contribution is 5.81. The van der Waals surface area contributed by atoms with Crippen molar-refractivity contribution in [3.8, 4) is 0 Å². The summed E-state index contributed by atoms with van der Waals surface area (Å²) in [7, 11) is 0. The number of ether oxygens (including phenoxy) is 1. The second-order valence-electron chi connectivity index (χ2n) is 5.43. The summed E-state index contributed by atoms with van der Waals surface area (Å²) >= 11 is 0. The van der Waals surface area contributed by atoms with Crippen LogP contribution in [0.15, 0.2) is 27.0 Å². The highest BCUT2D eigenvalue weighted by atomic mass is 16.5. The zero-order valence-electron chi connectivity index (χ0n) is 14.5. The van der Waals surface area contributed by atoms with Crippen molar-refractivity contribution in [3.63, 3.8) is 0 Å². The molecule has 0 saturated heterocycles. The van der Waals surface area contributed by atoms with Crippen LogP contribution in [0.1, 0.15) is 40.0 Å². The molecule has 134 valence electrons. The van der Waals surface area contributed by atoms with Gasteiger partial charge in [0.15, 0.2) is 0 Å². The van der Waals surface area contributed by atoms with Gasteiger partial charge in [-0.1, -0.05) is 27.4 Å². The average Bonchev–Trinajstić information content (AvgIpc) is 2.58. The lowest BCUT2D eigenvalue weighted by Gasteiger charge is -2.18. The second kappa shape index (κ2) is 9.05. The van der Waals surface area contributed by atoms with Gasteiger partial charge in [0.1, 0.15) is 6.10 Å². The molecule has 1 rings (SSSR count). The van der Waals surface area contributed by atoms with Crippen LogP contribution in [0, 0.1) is 0 Å². The van der Waals surface area contributed by atoms with Gasteiger partial charge < -0.3 is 4.74 Å². The molecule has 0 amide bonds. The summed E-state index contributed by atoms with van der Waals surface area (Å²) < 4.78 is 8.22. The maximum absolute atomic E-state index is 12.5. The number of carbonyl (C=O) groups excluding carboxylic acids is 1. The predicted octanol–water partition coefficient (Wildman–Crippen LogP) is 0.500. The molecule has 1 unspecified atom stereocenters. The number of carbonyl (C=O) groups is 1. The molecule has 1 aromatic heterocycles. The second-order valence-corrected chi connectivity index (χ2v) is 5.43. The molecule has 0 saturated carbocycles. The predicted molar refractivity (Wildman–Crippen MR) is 90.2 cm³/mol. The molecule has 1 atom stereocenters. The van der Waals surface area contributed by atoms with Gasteiger partial charge in [-0.15, -0.1) is 0 Å². The Hall–Kier alpha value is -2.38. The van der Waals surface area contributed by atoms with Crippen molar-refractivity contribution in [2.24, 2.45) is 0 Å². The lowest BCUT2D eigenvalue weighted by atomic mass is 10.2. The summed E-state index contributed by atoms with van der Waals surface area (Å²) in [5.41, 5.74) is -1.94. The number of nitrogens with zero attached hydrogens (tertiary/aromatic N) is 3. The van der Waals surface area contributed by atoms with Crippen molar-refractivity contribution in [2.45, 2.75) is 65.8 Å². The number of hydrogen-bond donors (Lipinski definition) is 0. The molecule has 0 aliphatic heterocycles. The highest BCUT2D eigenvalue weighted by Crippen LogP contribution is 2.01. The molecule has 0 spiro atoms. The number of aromatic nitrogens is 3. The average molecular weight is 339 g/mol. The smallest absolute Gasteiger partial charge is 0.336 e. The van der Waals surface area contributed by atoms with Crippen LogP contribution in [0.4, 0.5) is 0 Å². The molecule has 0 aliphatic carbocycles. The Morgan fingerprint density at radius 2 is 1.46 bits per heavy atom. The van der Waals surface area contributed by atoms with Gasteiger partial charge in [0.25, 0.3) is 0 Å². The first-order valence-electron chi connectivity index (χ1n) is 8.18. The van der Waals surface area contributed by atoms with Crippen LogP contribution in [0.2, 0.25) is 0 Å². The third-order valence-electron chi connectivity index (χ3n) is 3.57. The van der Waals surface area contributed by atoms with Gasteiger partial charge >= 0.3 is 23.0 Å². The number of esters is 1. The highest BCUT2D eigenvalue weighted by Gasteiger charge is 2.19. The number of hydrogen-bond acceptors (Lipinski definition) is 5. The van der Waals surface area contributed by atoms with E-state index in [2.05, 4.69) is 6.58 Å². The third kappa shape index (κ3) is 4.33. The van der Waals surface area contributed by atoms with Gasteiger partial charge in [-0.25, -0.2) is 32.9 Å². The molecule has 8 heteroatoms. The Balaban J connectivity index is 3.43. The van der Waals surface area contributed by atoms with E-state index in [0.29, 0.717) is 19.3 Å². The van der Waals surface area contributed by atoms with Gasteiger partial charge in [0.2, 0.25) is 0 Å². The lowest BCUT2D eigenvalue weighted by Crippen LogP contribution is -2.55. The number of rotatable bonds is 9. The zero-order chi connectivity index (χ0) is 18.3. The molecule has 0 radical (unpaired) electrons. The van der Waals surface area contributed by atoms with Crippen molar-refractivity contribution in [2.75, 3.05) is 0 Å². The summed E-state index contributed by atoms with van der Waals surface area (Å²) in [6, 6.07) is 0. The monoisotopic (exact) mass is 339 g/mol. The summed E-state index contributed by atoms with van der Waals surface area (Å²) in [6.07, 6.45) is 1.97. The van der Waals surface area contributed by atoms with E-state index in [0.717, 1.165) is 19.8 Å². The summed E-state index contributed by atoms with van der Waals surface area (Å²) in [4.78, 5) is 48.7. The van der Waals surface area contributed by atoms with Crippen LogP contribution in [-0.4, -0.2) is 25.8 Å². The van der Waals surface area contributed by atoms with Gasteiger partial charge in [0, 0.05) is 19.2 Å². The van der Waals surface area contributed by atoms with Crippen molar-refractivity contribution < 1.29 is 9.53 Å². The standard InChI is InChI=1S/C16H25N3O5/c1-5-9-17-14(21)18(10-6-2)16(23)19(15(17)22)11-12(7-3)24-13(20)8-4/h8,12H,4-7,9-11H2,1-3H3. The van der Waals surface area contributed by atoms with Crippen LogP contribution in [0.25, 0.3) is 0 Å². The zero-order valence-corrected chi connectivity index (χ0v) is 14.5. The van der Waals surface area contributed by atoms with Crippen LogP contribution in [-0.2, 0) is 29.2 Å². The maximum Gasteiger partial charge on any atom is 0.336 e. The molecule has 0 fully saturated rings.